The first-order valence-corrected chi connectivity index (χ1v) is 26.6. The second-order valence-electron chi connectivity index (χ2n) is 19.9. The number of aromatic amines is 1. The first kappa shape index (κ1) is 48.3. The summed E-state index contributed by atoms with van der Waals surface area (Å²) in [7, 11) is 3.33. The number of phenols is 2. The number of aliphatic hydroxyl groups is 3. The average Bonchev–Trinajstić information content (AvgIpc) is 4.06. The Balaban J connectivity index is 1.08. The number of rotatable bonds is 5. The Bertz CT molecular complexity index is 2650. The van der Waals surface area contributed by atoms with Crippen LogP contribution in [0.1, 0.15) is 125 Å². The molecule has 0 radical (unpaired) electrons. The zero-order valence-electron chi connectivity index (χ0n) is 38.4. The van der Waals surface area contributed by atoms with Gasteiger partial charge >= 0.3 is 0 Å². The molecule has 1 aliphatic heterocycles. The van der Waals surface area contributed by atoms with Gasteiger partial charge in [-0.2, -0.15) is 0 Å². The average molecular weight is 958 g/mol. The number of aromatic nitrogens is 1. The van der Waals surface area contributed by atoms with Crippen LogP contribution in [0.4, 0.5) is 0 Å². The number of aromatic hydroxyl groups is 2. The summed E-state index contributed by atoms with van der Waals surface area (Å²) in [6, 6.07) is 16.3. The number of hydrogen-bond acceptors (Lipinski definition) is 12. The molecule has 8 atom stereocenters. The third kappa shape index (κ3) is 10.2. The number of H-pyrrole nitrogens is 1. The number of fused-ring (bicyclic) bond motifs is 10. The van der Waals surface area contributed by atoms with Gasteiger partial charge in [0, 0.05) is 65.3 Å². The second kappa shape index (κ2) is 20.7. The fraction of sp³-hybridized carbons (Fsp3) is 0.455. The number of carbonyl (C=O) groups excluding carboxylic acids is 2. The number of hydrogen-bond donors (Lipinski definition) is 8. The molecule has 2 fully saturated rings. The van der Waals surface area contributed by atoms with Gasteiger partial charge in [0.15, 0.2) is 23.1 Å². The van der Waals surface area contributed by atoms with Gasteiger partial charge in [-0.15, -0.1) is 0 Å². The highest BCUT2D eigenvalue weighted by Crippen LogP contribution is 2.61. The van der Waals surface area contributed by atoms with Gasteiger partial charge in [0.2, 0.25) is 0 Å². The van der Waals surface area contributed by atoms with Crippen molar-refractivity contribution in [1.29, 1.82) is 0 Å². The molecule has 0 unspecified atom stereocenters. The normalized spacial score (nSPS) is 28.5. The van der Waals surface area contributed by atoms with E-state index >= 15 is 0 Å². The molecule has 0 saturated heterocycles. The third-order valence-corrected chi connectivity index (χ3v) is 18.0. The molecule has 68 heavy (non-hydrogen) atoms. The Hall–Kier alpha value is -4.78. The lowest BCUT2D eigenvalue weighted by Gasteiger charge is -2.46. The van der Waals surface area contributed by atoms with E-state index in [1.165, 1.54) is 0 Å². The molecule has 1 aromatic heterocycles. The van der Waals surface area contributed by atoms with Crippen LogP contribution in [0.2, 0.25) is 0 Å². The van der Waals surface area contributed by atoms with Gasteiger partial charge in [-0.3, -0.25) is 9.59 Å². The molecule has 11 nitrogen and oxygen atoms in total. The molecule has 2 heterocycles. The Morgan fingerprint density at radius 1 is 0.912 bits per heavy atom. The van der Waals surface area contributed by atoms with Gasteiger partial charge in [-0.25, -0.2) is 0 Å². The lowest BCUT2D eigenvalue weighted by Crippen LogP contribution is -2.39. The summed E-state index contributed by atoms with van der Waals surface area (Å²) in [5.41, 5.74) is 19.0. The van der Waals surface area contributed by atoms with Gasteiger partial charge in [0.25, 0.3) is 0 Å². The van der Waals surface area contributed by atoms with E-state index in [9.17, 15) is 35.1 Å². The summed E-state index contributed by atoms with van der Waals surface area (Å²) < 4.78 is 6.17. The molecule has 8 bridgehead atoms. The van der Waals surface area contributed by atoms with Gasteiger partial charge in [0.05, 0.1) is 38.0 Å². The topological polar surface area (TPSA) is 212 Å². The Kier molecular flexibility index (Phi) is 14.7. The van der Waals surface area contributed by atoms with Crippen LogP contribution in [0.15, 0.2) is 85.1 Å². The van der Waals surface area contributed by atoms with Gasteiger partial charge < -0.3 is 46.7 Å². The molecule has 358 valence electrons. The van der Waals surface area contributed by atoms with E-state index in [2.05, 4.69) is 41.1 Å². The SMILES string of the molecule is NC(N)c1cc2c3cc1CSSC[C@@H]1C[C@]([C@H]4C=C[C@H]5CCC[C@@]5(C[C@H](O)CO)C4)(/C=C/C(=O)CCc4ccc(O)c(c4)OCCc4ccc(O)c(c4)[C@@H]3CC(=O)c3cc[nH]c3CC#C2)C[C@H]1O. The van der Waals surface area contributed by atoms with Crippen LogP contribution in [0.3, 0.4) is 0 Å². The summed E-state index contributed by atoms with van der Waals surface area (Å²) >= 11 is 0. The lowest BCUT2D eigenvalue weighted by molar-refractivity contribution is -0.114. The van der Waals surface area contributed by atoms with Gasteiger partial charge in [0.1, 0.15) is 5.75 Å². The molecule has 13 heteroatoms. The minimum absolute atomic E-state index is 0.0140. The van der Waals surface area contributed by atoms with Crippen LogP contribution >= 0.6 is 21.6 Å². The molecule has 0 spiro atoms. The summed E-state index contributed by atoms with van der Waals surface area (Å²) in [4.78, 5) is 31.2. The predicted octanol–water partition coefficient (Wildman–Crippen LogP) is 8.09. The molecule has 10 N–H and O–H groups in total. The van der Waals surface area contributed by atoms with E-state index < -0.39 is 29.7 Å². The molecule has 0 amide bonds. The number of nitrogens with two attached hydrogens (primary N) is 2. The van der Waals surface area contributed by atoms with Crippen LogP contribution in [0, 0.1) is 40.4 Å². The lowest BCUT2D eigenvalue weighted by atomic mass is 9.58. The number of aryl methyl sites for hydroxylation is 1. The van der Waals surface area contributed by atoms with Crippen LogP contribution in [-0.2, 0) is 29.8 Å². The van der Waals surface area contributed by atoms with Gasteiger partial charge in [-0.1, -0.05) is 82.3 Å². The summed E-state index contributed by atoms with van der Waals surface area (Å²) in [5, 5.41) is 55.0. The van der Waals surface area contributed by atoms with Crippen molar-refractivity contribution in [2.24, 2.45) is 40.1 Å². The number of aliphatic hydroxyl groups excluding tert-OH is 3. The zero-order chi connectivity index (χ0) is 47.6. The fourth-order valence-corrected chi connectivity index (χ4v) is 14.5. The van der Waals surface area contributed by atoms with Crippen LogP contribution < -0.4 is 16.2 Å². The summed E-state index contributed by atoms with van der Waals surface area (Å²) in [6.45, 7) is -0.0684. The standard InChI is InChI=1S/C55H63N3O8S2/c56-53(57)44-23-35-3-1-5-47-42(15-19-58-47)50(64)25-45-43(35)24-36(44)31-67-68-32-37-26-55(29-51(37)65,39-10-9-38-4-2-17-54(38,27-39)28-41(61)30-59)18-14-40(60)11-6-33-8-13-49(63)52(22-33)66-20-16-34-7-12-48(62)46(45)21-34/h7-10,12-15,18-19,21-24,37-39,41,45,51,53,58-59,61-63,65H,2,4-6,11,16-17,20,25-32,56-57H2/b18-14+/t37-,38+,39-,41-,45+,51+,54-,55+/m0/s1. The molecular weight excluding hydrogens is 895 g/mol. The monoisotopic (exact) mass is 957 g/mol. The Labute approximate surface area is 406 Å². The maximum Gasteiger partial charge on any atom is 0.165 e. The minimum atomic E-state index is -0.808. The first-order valence-electron chi connectivity index (χ1n) is 24.1. The van der Waals surface area contributed by atoms with Crippen molar-refractivity contribution in [3.05, 3.63) is 135 Å². The van der Waals surface area contributed by atoms with Crippen molar-refractivity contribution >= 4 is 33.2 Å². The maximum absolute atomic E-state index is 14.2. The van der Waals surface area contributed by atoms with E-state index in [1.54, 1.807) is 64.2 Å². The van der Waals surface area contributed by atoms with Crippen molar-refractivity contribution in [3.8, 4) is 29.1 Å². The molecule has 3 aromatic carbocycles. The van der Waals surface area contributed by atoms with Crippen molar-refractivity contribution in [1.82, 2.24) is 4.98 Å². The maximum atomic E-state index is 14.2. The van der Waals surface area contributed by atoms with Crippen LogP contribution in [0.5, 0.6) is 17.2 Å². The highest BCUT2D eigenvalue weighted by Gasteiger charge is 2.53. The van der Waals surface area contributed by atoms with Crippen LogP contribution in [0.25, 0.3) is 0 Å². The third-order valence-electron chi connectivity index (χ3n) is 15.6. The number of benzene rings is 3. The Morgan fingerprint density at radius 3 is 2.54 bits per heavy atom. The van der Waals surface area contributed by atoms with E-state index in [0.29, 0.717) is 78.4 Å². The molecule has 4 aromatic rings. The number of phenolic OH excluding ortho intramolecular Hbond substituents is 2. The van der Waals surface area contributed by atoms with Gasteiger partial charge in [-0.05, 0) is 138 Å². The van der Waals surface area contributed by atoms with E-state index in [1.807, 2.05) is 18.2 Å². The fourth-order valence-electron chi connectivity index (χ4n) is 12.0. The Morgan fingerprint density at radius 2 is 1.72 bits per heavy atom. The zero-order valence-corrected chi connectivity index (χ0v) is 40.0. The molecule has 5 aliphatic rings. The highest BCUT2D eigenvalue weighted by molar-refractivity contribution is 8.76. The van der Waals surface area contributed by atoms with Crippen molar-refractivity contribution in [3.63, 3.8) is 0 Å². The predicted molar refractivity (Wildman–Crippen MR) is 267 cm³/mol. The van der Waals surface area contributed by atoms with Crippen molar-refractivity contribution in [2.45, 2.75) is 107 Å². The molecule has 4 aliphatic carbocycles. The largest absolute Gasteiger partial charge is 0.508 e. The van der Waals surface area contributed by atoms with Crippen molar-refractivity contribution < 1.29 is 39.9 Å². The number of allylic oxidation sites excluding steroid dienone is 4. The molecular formula is C55H63N3O8S2. The minimum Gasteiger partial charge on any atom is -0.508 e. The number of nitrogens with one attached hydrogen (secondary N) is 1. The highest BCUT2D eigenvalue weighted by atomic mass is 33.1. The summed E-state index contributed by atoms with van der Waals surface area (Å²) in [5.74, 6) is 7.77. The number of ketones is 2. The van der Waals surface area contributed by atoms with E-state index in [4.69, 9.17) is 16.2 Å². The van der Waals surface area contributed by atoms with E-state index in [0.717, 1.165) is 59.2 Å². The smallest absolute Gasteiger partial charge is 0.165 e. The number of ether oxygens (including phenoxy) is 1. The molecule has 2 saturated carbocycles. The number of Topliss-reactive ketones (excluding diaryl/α,β-unsaturated/α-hetero) is 1. The van der Waals surface area contributed by atoms with E-state index in [-0.39, 0.29) is 66.4 Å². The van der Waals surface area contributed by atoms with Crippen molar-refractivity contribution in [2.75, 3.05) is 19.0 Å². The quantitative estimate of drug-likeness (QED) is 0.0413. The summed E-state index contributed by atoms with van der Waals surface area (Å²) in [6.07, 6.45) is 15.1. The number of carbonyl (C=O) groups is 2. The first-order chi connectivity index (χ1) is 32.8. The molecule has 9 rings (SSSR count). The van der Waals surface area contributed by atoms with Crippen LogP contribution in [-0.4, -0.2) is 73.3 Å². The second-order valence-corrected chi connectivity index (χ2v) is 22.4.